The molecule has 0 aliphatic carbocycles. The second-order valence-electron chi connectivity index (χ2n) is 2.82. The van der Waals surface area contributed by atoms with E-state index in [0.717, 1.165) is 17.3 Å². The van der Waals surface area contributed by atoms with Gasteiger partial charge in [0.1, 0.15) is 0 Å². The van der Waals surface area contributed by atoms with Crippen LogP contribution in [0.15, 0.2) is 40.9 Å². The molecular formula is C11H13BrO. The molecule has 1 aromatic carbocycles. The number of aryl methyl sites for hydroxylation is 1. The van der Waals surface area contributed by atoms with Crippen molar-refractivity contribution in [3.05, 3.63) is 46.5 Å². The molecule has 0 fully saturated rings. The van der Waals surface area contributed by atoms with Gasteiger partial charge in [-0.1, -0.05) is 40.2 Å². The monoisotopic (exact) mass is 240 g/mol. The lowest BCUT2D eigenvalue weighted by Crippen LogP contribution is -1.82. The Kier molecular flexibility index (Phi) is 4.79. The first kappa shape index (κ1) is 10.5. The average Bonchev–Trinajstić information content (AvgIpc) is 2.15. The summed E-state index contributed by atoms with van der Waals surface area (Å²) in [5.41, 5.74) is 1.32. The van der Waals surface area contributed by atoms with E-state index >= 15 is 0 Å². The number of hydrogen-bond acceptors (Lipinski definition) is 1. The topological polar surface area (TPSA) is 20.2 Å². The van der Waals surface area contributed by atoms with E-state index < -0.39 is 0 Å². The number of hydrogen-bond donors (Lipinski definition) is 1. The molecule has 0 spiro atoms. The minimum absolute atomic E-state index is 0.139. The number of rotatable bonds is 4. The largest absolute Gasteiger partial charge is 0.392 e. The highest BCUT2D eigenvalue weighted by Crippen LogP contribution is 2.11. The van der Waals surface area contributed by atoms with Gasteiger partial charge in [-0.25, -0.2) is 0 Å². The minimum atomic E-state index is 0.139. The van der Waals surface area contributed by atoms with Crippen LogP contribution in [0.5, 0.6) is 0 Å². The molecule has 0 unspecified atom stereocenters. The molecular weight excluding hydrogens is 228 g/mol. The fourth-order valence-corrected chi connectivity index (χ4v) is 1.36. The van der Waals surface area contributed by atoms with E-state index in [1.807, 2.05) is 18.2 Å². The maximum absolute atomic E-state index is 8.51. The third kappa shape index (κ3) is 4.25. The summed E-state index contributed by atoms with van der Waals surface area (Å²) in [7, 11) is 0. The third-order valence-corrected chi connectivity index (χ3v) is 2.31. The highest BCUT2D eigenvalue weighted by molar-refractivity contribution is 9.10. The Morgan fingerprint density at radius 3 is 2.46 bits per heavy atom. The van der Waals surface area contributed by atoms with Crippen molar-refractivity contribution in [2.24, 2.45) is 0 Å². The van der Waals surface area contributed by atoms with Gasteiger partial charge < -0.3 is 5.11 Å². The van der Waals surface area contributed by atoms with Crippen molar-refractivity contribution in [1.82, 2.24) is 0 Å². The Bertz CT molecular complexity index is 264. The summed E-state index contributed by atoms with van der Waals surface area (Å²) in [6.45, 7) is 0.139. The van der Waals surface area contributed by atoms with Gasteiger partial charge in [0.2, 0.25) is 0 Å². The summed E-state index contributed by atoms with van der Waals surface area (Å²) < 4.78 is 1.11. The summed E-state index contributed by atoms with van der Waals surface area (Å²) in [5.74, 6) is 0. The number of aliphatic hydroxyl groups is 1. The number of allylic oxidation sites excluding steroid dienone is 1. The quantitative estimate of drug-likeness (QED) is 0.803. The first-order chi connectivity index (χ1) is 6.33. The molecule has 0 saturated carbocycles. The molecule has 0 aliphatic rings. The lowest BCUT2D eigenvalue weighted by molar-refractivity contribution is 0.342. The van der Waals surface area contributed by atoms with Gasteiger partial charge in [0.25, 0.3) is 0 Å². The molecule has 0 aliphatic heterocycles. The molecule has 13 heavy (non-hydrogen) atoms. The van der Waals surface area contributed by atoms with Crippen molar-refractivity contribution in [1.29, 1.82) is 0 Å². The van der Waals surface area contributed by atoms with E-state index in [1.54, 1.807) is 6.08 Å². The summed E-state index contributed by atoms with van der Waals surface area (Å²) >= 11 is 3.39. The molecule has 1 rings (SSSR count). The lowest BCUT2D eigenvalue weighted by Gasteiger charge is -1.97. The fourth-order valence-electron chi connectivity index (χ4n) is 1.09. The Morgan fingerprint density at radius 1 is 1.15 bits per heavy atom. The van der Waals surface area contributed by atoms with Crippen molar-refractivity contribution >= 4 is 15.9 Å². The maximum atomic E-state index is 8.51. The minimum Gasteiger partial charge on any atom is -0.392 e. The summed E-state index contributed by atoms with van der Waals surface area (Å²) in [4.78, 5) is 0. The van der Waals surface area contributed by atoms with Gasteiger partial charge in [0.05, 0.1) is 6.61 Å². The van der Waals surface area contributed by atoms with E-state index in [0.29, 0.717) is 0 Å². The van der Waals surface area contributed by atoms with Gasteiger partial charge in [-0.15, -0.1) is 0 Å². The van der Waals surface area contributed by atoms with Crippen LogP contribution in [0.1, 0.15) is 12.0 Å². The van der Waals surface area contributed by atoms with E-state index in [-0.39, 0.29) is 6.61 Å². The molecule has 1 N–H and O–H groups in total. The van der Waals surface area contributed by atoms with Crippen molar-refractivity contribution in [3.8, 4) is 0 Å². The lowest BCUT2D eigenvalue weighted by atomic mass is 10.1. The Balaban J connectivity index is 2.37. The van der Waals surface area contributed by atoms with Crippen LogP contribution in [-0.2, 0) is 6.42 Å². The summed E-state index contributed by atoms with van der Waals surface area (Å²) in [5, 5.41) is 8.51. The van der Waals surface area contributed by atoms with E-state index in [1.165, 1.54) is 5.56 Å². The van der Waals surface area contributed by atoms with Gasteiger partial charge in [-0.05, 0) is 30.5 Å². The predicted molar refractivity (Wildman–Crippen MR) is 58.7 cm³/mol. The van der Waals surface area contributed by atoms with Crippen LogP contribution in [0.3, 0.4) is 0 Å². The van der Waals surface area contributed by atoms with E-state index in [4.69, 9.17) is 5.11 Å². The van der Waals surface area contributed by atoms with E-state index in [9.17, 15) is 0 Å². The highest BCUT2D eigenvalue weighted by atomic mass is 79.9. The number of aliphatic hydroxyl groups excluding tert-OH is 1. The second kappa shape index (κ2) is 5.95. The molecule has 0 atom stereocenters. The molecule has 2 heteroatoms. The fraction of sp³-hybridized carbons (Fsp3) is 0.273. The molecule has 1 aromatic rings. The molecule has 0 radical (unpaired) electrons. The molecule has 70 valence electrons. The van der Waals surface area contributed by atoms with E-state index in [2.05, 4.69) is 28.1 Å². The van der Waals surface area contributed by atoms with Crippen molar-refractivity contribution in [2.45, 2.75) is 12.8 Å². The normalized spacial score (nSPS) is 10.9. The van der Waals surface area contributed by atoms with Gasteiger partial charge in [0.15, 0.2) is 0 Å². The third-order valence-electron chi connectivity index (χ3n) is 1.79. The molecule has 0 heterocycles. The summed E-state index contributed by atoms with van der Waals surface area (Å²) in [6, 6.07) is 8.31. The first-order valence-corrected chi connectivity index (χ1v) is 5.12. The first-order valence-electron chi connectivity index (χ1n) is 4.33. The molecule has 0 amide bonds. The predicted octanol–water partition coefficient (Wildman–Crippen LogP) is 2.93. The van der Waals surface area contributed by atoms with Crippen LogP contribution in [0, 0.1) is 0 Å². The van der Waals surface area contributed by atoms with Gasteiger partial charge in [-0.3, -0.25) is 0 Å². The van der Waals surface area contributed by atoms with Gasteiger partial charge in [0, 0.05) is 4.47 Å². The average molecular weight is 241 g/mol. The van der Waals surface area contributed by atoms with Gasteiger partial charge in [-0.2, -0.15) is 0 Å². The summed E-state index contributed by atoms with van der Waals surface area (Å²) in [6.07, 6.45) is 5.80. The Hall–Kier alpha value is -0.600. The maximum Gasteiger partial charge on any atom is 0.0612 e. The number of benzene rings is 1. The van der Waals surface area contributed by atoms with Crippen LogP contribution in [-0.4, -0.2) is 11.7 Å². The standard InChI is InChI=1S/C11H13BrO/c12-11-7-5-10(6-8-11)4-2-1-3-9-13/h1,3,5-8,13H,2,4,9H2/b3-1+. The SMILES string of the molecule is OC/C=C/CCc1ccc(Br)cc1. The molecule has 0 saturated heterocycles. The highest BCUT2D eigenvalue weighted by Gasteiger charge is 1.90. The number of halogens is 1. The van der Waals surface area contributed by atoms with Crippen LogP contribution in [0.4, 0.5) is 0 Å². The zero-order valence-corrected chi connectivity index (χ0v) is 9.00. The van der Waals surface area contributed by atoms with Crippen molar-refractivity contribution in [3.63, 3.8) is 0 Å². The zero-order valence-electron chi connectivity index (χ0n) is 7.41. The molecule has 1 nitrogen and oxygen atoms in total. The van der Waals surface area contributed by atoms with Crippen LogP contribution >= 0.6 is 15.9 Å². The van der Waals surface area contributed by atoms with Crippen molar-refractivity contribution in [2.75, 3.05) is 6.61 Å². The second-order valence-corrected chi connectivity index (χ2v) is 3.73. The molecule has 0 bridgehead atoms. The van der Waals surface area contributed by atoms with Crippen LogP contribution < -0.4 is 0 Å². The van der Waals surface area contributed by atoms with Gasteiger partial charge >= 0.3 is 0 Å². The van der Waals surface area contributed by atoms with Crippen LogP contribution in [0.25, 0.3) is 0 Å². The zero-order chi connectivity index (χ0) is 9.52. The Morgan fingerprint density at radius 2 is 1.85 bits per heavy atom. The van der Waals surface area contributed by atoms with Crippen molar-refractivity contribution < 1.29 is 5.11 Å². The van der Waals surface area contributed by atoms with Crippen LogP contribution in [0.2, 0.25) is 0 Å². The Labute approximate surface area is 87.2 Å². The molecule has 0 aromatic heterocycles. The smallest absolute Gasteiger partial charge is 0.0612 e.